The predicted molar refractivity (Wildman–Crippen MR) is 96.6 cm³/mol. The van der Waals surface area contributed by atoms with E-state index in [-0.39, 0.29) is 11.9 Å². The number of hydrogen-bond donors (Lipinski definition) is 2. The molecular weight excluding hydrogens is 300 g/mol. The molecular formula is C20H28N2O2. The van der Waals surface area contributed by atoms with E-state index in [0.29, 0.717) is 19.0 Å². The second-order valence-electron chi connectivity index (χ2n) is 6.45. The molecule has 0 fully saturated rings. The Morgan fingerprint density at radius 2 is 1.92 bits per heavy atom. The highest BCUT2D eigenvalue weighted by molar-refractivity contribution is 5.77. The summed E-state index contributed by atoms with van der Waals surface area (Å²) in [4.78, 5) is 12.0. The van der Waals surface area contributed by atoms with Crippen molar-refractivity contribution in [3.05, 3.63) is 59.5 Å². The third-order valence-corrected chi connectivity index (χ3v) is 4.07. The van der Waals surface area contributed by atoms with Crippen LogP contribution in [-0.2, 0) is 17.8 Å². The van der Waals surface area contributed by atoms with Gasteiger partial charge in [-0.15, -0.1) is 0 Å². The van der Waals surface area contributed by atoms with Gasteiger partial charge in [0.05, 0.1) is 19.4 Å². The summed E-state index contributed by atoms with van der Waals surface area (Å²) in [6.07, 6.45) is 3.87. The molecule has 1 heterocycles. The van der Waals surface area contributed by atoms with Gasteiger partial charge in [-0.3, -0.25) is 4.79 Å². The van der Waals surface area contributed by atoms with Crippen LogP contribution >= 0.6 is 0 Å². The summed E-state index contributed by atoms with van der Waals surface area (Å²) in [5.74, 6) is 1.13. The highest BCUT2D eigenvalue weighted by atomic mass is 16.3. The van der Waals surface area contributed by atoms with Crippen LogP contribution in [0.2, 0.25) is 0 Å². The summed E-state index contributed by atoms with van der Waals surface area (Å²) in [5, 5.41) is 6.24. The molecule has 0 aliphatic rings. The van der Waals surface area contributed by atoms with E-state index in [1.807, 2.05) is 12.1 Å². The molecule has 0 radical (unpaired) electrons. The van der Waals surface area contributed by atoms with E-state index in [1.54, 1.807) is 6.26 Å². The van der Waals surface area contributed by atoms with Crippen LogP contribution in [0.1, 0.15) is 50.1 Å². The van der Waals surface area contributed by atoms with Crippen LogP contribution in [0.25, 0.3) is 0 Å². The van der Waals surface area contributed by atoms with E-state index in [4.69, 9.17) is 4.42 Å². The van der Waals surface area contributed by atoms with E-state index in [1.165, 1.54) is 11.1 Å². The molecule has 130 valence electrons. The molecule has 1 atom stereocenters. The Bertz CT molecular complexity index is 603. The van der Waals surface area contributed by atoms with Gasteiger partial charge in [0.25, 0.3) is 0 Å². The molecule has 1 amide bonds. The number of aryl methyl sites for hydroxylation is 1. The molecule has 0 saturated carbocycles. The van der Waals surface area contributed by atoms with Gasteiger partial charge in [0.2, 0.25) is 5.91 Å². The maximum Gasteiger partial charge on any atom is 0.234 e. The Morgan fingerprint density at radius 1 is 1.17 bits per heavy atom. The quantitative estimate of drug-likeness (QED) is 0.735. The lowest BCUT2D eigenvalue weighted by atomic mass is 9.94. The number of benzene rings is 1. The first-order chi connectivity index (χ1) is 11.6. The zero-order valence-electron chi connectivity index (χ0n) is 14.8. The summed E-state index contributed by atoms with van der Waals surface area (Å²) >= 11 is 0. The highest BCUT2D eigenvalue weighted by Gasteiger charge is 2.16. The number of amides is 1. The summed E-state index contributed by atoms with van der Waals surface area (Å²) in [7, 11) is 0. The van der Waals surface area contributed by atoms with Crippen molar-refractivity contribution in [3.63, 3.8) is 0 Å². The topological polar surface area (TPSA) is 54.3 Å². The molecule has 1 aromatic heterocycles. The maximum atomic E-state index is 12.0. The third kappa shape index (κ3) is 5.53. The van der Waals surface area contributed by atoms with Gasteiger partial charge in [0, 0.05) is 6.04 Å². The molecule has 0 aliphatic heterocycles. The van der Waals surface area contributed by atoms with Crippen LogP contribution in [0.3, 0.4) is 0 Å². The molecule has 0 bridgehead atoms. The van der Waals surface area contributed by atoms with Gasteiger partial charge in [-0.1, -0.05) is 51.5 Å². The van der Waals surface area contributed by atoms with Gasteiger partial charge in [0.1, 0.15) is 5.76 Å². The molecule has 4 heteroatoms. The number of furan rings is 1. The highest BCUT2D eigenvalue weighted by Crippen LogP contribution is 2.22. The van der Waals surface area contributed by atoms with Crippen molar-refractivity contribution in [2.24, 2.45) is 5.92 Å². The second kappa shape index (κ2) is 9.28. The van der Waals surface area contributed by atoms with Crippen molar-refractivity contribution in [1.82, 2.24) is 10.6 Å². The molecule has 2 N–H and O–H groups in total. The van der Waals surface area contributed by atoms with Gasteiger partial charge < -0.3 is 15.1 Å². The van der Waals surface area contributed by atoms with Crippen molar-refractivity contribution in [2.75, 3.05) is 6.54 Å². The van der Waals surface area contributed by atoms with E-state index in [0.717, 1.165) is 18.6 Å². The van der Waals surface area contributed by atoms with Crippen LogP contribution < -0.4 is 10.6 Å². The smallest absolute Gasteiger partial charge is 0.234 e. The van der Waals surface area contributed by atoms with Crippen LogP contribution in [-0.4, -0.2) is 12.5 Å². The van der Waals surface area contributed by atoms with Gasteiger partial charge in [-0.2, -0.15) is 0 Å². The molecule has 4 nitrogen and oxygen atoms in total. The molecule has 0 saturated heterocycles. The van der Waals surface area contributed by atoms with Gasteiger partial charge in [-0.25, -0.2) is 0 Å². The lowest BCUT2D eigenvalue weighted by Crippen LogP contribution is -2.37. The summed E-state index contributed by atoms with van der Waals surface area (Å²) < 4.78 is 5.21. The number of hydrogen-bond acceptors (Lipinski definition) is 3. The van der Waals surface area contributed by atoms with Crippen molar-refractivity contribution in [2.45, 2.75) is 46.2 Å². The minimum atomic E-state index is -0.0281. The molecule has 1 aromatic carbocycles. The van der Waals surface area contributed by atoms with Crippen molar-refractivity contribution < 1.29 is 9.21 Å². The molecule has 2 aromatic rings. The van der Waals surface area contributed by atoms with Gasteiger partial charge in [0.15, 0.2) is 0 Å². The molecule has 2 rings (SSSR count). The van der Waals surface area contributed by atoms with E-state index >= 15 is 0 Å². The Balaban J connectivity index is 1.87. The van der Waals surface area contributed by atoms with Crippen LogP contribution in [0, 0.1) is 5.92 Å². The number of carbonyl (C=O) groups is 1. The lowest BCUT2D eigenvalue weighted by molar-refractivity contribution is -0.120. The van der Waals surface area contributed by atoms with Crippen molar-refractivity contribution in [3.8, 4) is 0 Å². The number of nitrogens with one attached hydrogen (secondary N) is 2. The van der Waals surface area contributed by atoms with Gasteiger partial charge >= 0.3 is 0 Å². The fraction of sp³-hybridized carbons (Fsp3) is 0.450. The Morgan fingerprint density at radius 3 is 2.50 bits per heavy atom. The first-order valence-corrected chi connectivity index (χ1v) is 8.71. The standard InChI is InChI=1S/C20H28N2O2/c1-4-6-16-8-10-17(11-9-16)20(15(2)3)22-14-19(23)21-13-18-7-5-12-24-18/h5,7-12,15,20,22H,4,6,13-14H2,1-3H3,(H,21,23). The van der Waals surface area contributed by atoms with E-state index in [9.17, 15) is 4.79 Å². The second-order valence-corrected chi connectivity index (χ2v) is 6.45. The minimum absolute atomic E-state index is 0.0281. The monoisotopic (exact) mass is 328 g/mol. The number of carbonyl (C=O) groups excluding carboxylic acids is 1. The molecule has 1 unspecified atom stereocenters. The van der Waals surface area contributed by atoms with Crippen LogP contribution in [0.4, 0.5) is 0 Å². The predicted octanol–water partition coefficient (Wildman–Crippen LogP) is 3.84. The first-order valence-electron chi connectivity index (χ1n) is 8.71. The van der Waals surface area contributed by atoms with Crippen molar-refractivity contribution in [1.29, 1.82) is 0 Å². The summed E-state index contributed by atoms with van der Waals surface area (Å²) in [6.45, 7) is 7.23. The average Bonchev–Trinajstić information content (AvgIpc) is 3.08. The largest absolute Gasteiger partial charge is 0.467 e. The zero-order valence-corrected chi connectivity index (χ0v) is 14.8. The Kier molecular flexibility index (Phi) is 7.07. The zero-order chi connectivity index (χ0) is 17.4. The third-order valence-electron chi connectivity index (χ3n) is 4.07. The Hall–Kier alpha value is -2.07. The summed E-state index contributed by atoms with van der Waals surface area (Å²) in [5.41, 5.74) is 2.59. The fourth-order valence-electron chi connectivity index (χ4n) is 2.78. The molecule has 0 spiro atoms. The Labute approximate surface area is 144 Å². The maximum absolute atomic E-state index is 12.0. The molecule has 24 heavy (non-hydrogen) atoms. The summed E-state index contributed by atoms with van der Waals surface area (Å²) in [6, 6.07) is 12.5. The van der Waals surface area contributed by atoms with Gasteiger partial charge in [-0.05, 0) is 35.6 Å². The van der Waals surface area contributed by atoms with Crippen molar-refractivity contribution >= 4 is 5.91 Å². The van der Waals surface area contributed by atoms with E-state index < -0.39 is 0 Å². The van der Waals surface area contributed by atoms with Crippen LogP contribution in [0.15, 0.2) is 47.1 Å². The number of rotatable bonds is 9. The SMILES string of the molecule is CCCc1ccc(C(NCC(=O)NCc2ccco2)C(C)C)cc1. The minimum Gasteiger partial charge on any atom is -0.467 e. The average molecular weight is 328 g/mol. The van der Waals surface area contributed by atoms with Crippen LogP contribution in [0.5, 0.6) is 0 Å². The first kappa shape index (κ1) is 18.3. The fourth-order valence-corrected chi connectivity index (χ4v) is 2.78. The molecule has 0 aliphatic carbocycles. The normalized spacial score (nSPS) is 12.3. The lowest BCUT2D eigenvalue weighted by Gasteiger charge is -2.23. The van der Waals surface area contributed by atoms with E-state index in [2.05, 4.69) is 55.7 Å².